The van der Waals surface area contributed by atoms with Crippen LogP contribution in [-0.2, 0) is 4.74 Å². The molecule has 6 nitrogen and oxygen atoms in total. The largest absolute Gasteiger partial charge is 0.360 e. The van der Waals surface area contributed by atoms with Gasteiger partial charge in [-0.1, -0.05) is 0 Å². The normalized spacial score (nSPS) is 18.0. The van der Waals surface area contributed by atoms with Crippen LogP contribution in [0.4, 0.5) is 5.82 Å². The summed E-state index contributed by atoms with van der Waals surface area (Å²) in [5, 5.41) is 9.07. The third-order valence-electron chi connectivity index (χ3n) is 3.79. The zero-order chi connectivity index (χ0) is 15.5. The molecular weight excluding hydrogens is 278 g/mol. The van der Waals surface area contributed by atoms with Crippen molar-refractivity contribution in [1.82, 2.24) is 15.0 Å². The molecule has 0 aliphatic carbocycles. The minimum absolute atomic E-state index is 0.412. The minimum Gasteiger partial charge on any atom is -0.360 e. The molecule has 0 N–H and O–H groups in total. The number of rotatable bonds is 2. The Morgan fingerprint density at radius 2 is 2.23 bits per heavy atom. The number of ether oxygens (including phenoxy) is 1. The van der Waals surface area contributed by atoms with Crippen molar-refractivity contribution in [2.45, 2.75) is 20.0 Å². The molecule has 22 heavy (non-hydrogen) atoms. The highest BCUT2D eigenvalue weighted by atomic mass is 16.5. The summed E-state index contributed by atoms with van der Waals surface area (Å²) < 4.78 is 5.41. The molecule has 3 rings (SSSR count). The summed E-state index contributed by atoms with van der Waals surface area (Å²) in [4.78, 5) is 15.5. The van der Waals surface area contributed by atoms with Crippen LogP contribution >= 0.6 is 0 Å². The van der Waals surface area contributed by atoms with Crippen molar-refractivity contribution in [1.29, 1.82) is 5.26 Å². The number of aromatic nitrogens is 3. The van der Waals surface area contributed by atoms with Gasteiger partial charge >= 0.3 is 0 Å². The maximum absolute atomic E-state index is 9.07. The lowest BCUT2D eigenvalue weighted by atomic mass is 10.2. The number of morpholine rings is 1. The Balaban J connectivity index is 2.01. The van der Waals surface area contributed by atoms with Gasteiger partial charge in [-0.3, -0.25) is 4.98 Å². The van der Waals surface area contributed by atoms with Crippen LogP contribution in [0.25, 0.3) is 11.4 Å². The van der Waals surface area contributed by atoms with Gasteiger partial charge < -0.3 is 9.64 Å². The maximum Gasteiger partial charge on any atom is 0.163 e. The minimum atomic E-state index is -0.412. The van der Waals surface area contributed by atoms with Gasteiger partial charge in [0.25, 0.3) is 0 Å². The fourth-order valence-electron chi connectivity index (χ4n) is 2.47. The van der Waals surface area contributed by atoms with Crippen molar-refractivity contribution in [2.24, 2.45) is 0 Å². The molecule has 0 bridgehead atoms. The van der Waals surface area contributed by atoms with E-state index in [-0.39, 0.29) is 0 Å². The first-order valence-corrected chi connectivity index (χ1v) is 7.21. The molecule has 2 aromatic rings. The Bertz CT molecular complexity index is 710. The van der Waals surface area contributed by atoms with Crippen LogP contribution in [0.1, 0.15) is 11.3 Å². The smallest absolute Gasteiger partial charge is 0.163 e. The molecule has 0 spiro atoms. The first kappa shape index (κ1) is 14.4. The van der Waals surface area contributed by atoms with E-state index in [1.54, 1.807) is 12.4 Å². The average molecular weight is 295 g/mol. The lowest BCUT2D eigenvalue weighted by Crippen LogP contribution is -2.42. The number of aryl methyl sites for hydroxylation is 1. The average Bonchev–Trinajstić information content (AvgIpc) is 2.58. The number of hydrogen-bond acceptors (Lipinski definition) is 6. The second-order valence-corrected chi connectivity index (χ2v) is 5.26. The number of anilines is 1. The highest BCUT2D eigenvalue weighted by molar-refractivity contribution is 5.59. The Morgan fingerprint density at radius 1 is 1.36 bits per heavy atom. The second kappa shape index (κ2) is 6.08. The van der Waals surface area contributed by atoms with E-state index in [4.69, 9.17) is 15.0 Å². The summed E-state index contributed by atoms with van der Waals surface area (Å²) >= 11 is 0. The maximum atomic E-state index is 9.07. The number of nitriles is 1. The van der Waals surface area contributed by atoms with Crippen molar-refractivity contribution >= 4 is 5.82 Å². The van der Waals surface area contributed by atoms with E-state index in [0.29, 0.717) is 19.0 Å². The molecule has 1 aliphatic rings. The number of nitrogens with zero attached hydrogens (tertiary/aromatic N) is 5. The van der Waals surface area contributed by atoms with Crippen LogP contribution in [0.2, 0.25) is 0 Å². The van der Waals surface area contributed by atoms with E-state index in [1.807, 2.05) is 26.0 Å². The lowest BCUT2D eigenvalue weighted by molar-refractivity contribution is 0.0761. The van der Waals surface area contributed by atoms with E-state index in [2.05, 4.69) is 20.9 Å². The van der Waals surface area contributed by atoms with E-state index < -0.39 is 6.10 Å². The molecule has 1 atom stereocenters. The van der Waals surface area contributed by atoms with Crippen LogP contribution in [0.15, 0.2) is 24.5 Å². The fraction of sp³-hybridized carbons (Fsp3) is 0.375. The van der Waals surface area contributed by atoms with E-state index in [0.717, 1.165) is 29.2 Å². The monoisotopic (exact) mass is 295 g/mol. The van der Waals surface area contributed by atoms with Crippen LogP contribution < -0.4 is 4.90 Å². The van der Waals surface area contributed by atoms with E-state index in [9.17, 15) is 0 Å². The summed E-state index contributed by atoms with van der Waals surface area (Å²) in [6.07, 6.45) is 3.07. The summed E-state index contributed by atoms with van der Waals surface area (Å²) in [6.45, 7) is 5.77. The van der Waals surface area contributed by atoms with Gasteiger partial charge in [0.05, 0.1) is 19.2 Å². The Hall–Kier alpha value is -2.52. The zero-order valence-corrected chi connectivity index (χ0v) is 12.7. The SMILES string of the molecule is Cc1nc(-c2cccnc2)nc(N2CCOC(C#N)C2)c1C. The standard InChI is InChI=1S/C16H17N5O/c1-11-12(2)19-15(13-4-3-5-18-9-13)20-16(11)21-6-7-22-14(8-17)10-21/h3-5,9,14H,6-7,10H2,1-2H3. The third kappa shape index (κ3) is 2.76. The van der Waals surface area contributed by atoms with Crippen molar-refractivity contribution in [2.75, 3.05) is 24.6 Å². The highest BCUT2D eigenvalue weighted by Crippen LogP contribution is 2.25. The number of hydrogen-bond donors (Lipinski definition) is 0. The van der Waals surface area contributed by atoms with Gasteiger partial charge in [-0.2, -0.15) is 5.26 Å². The molecule has 0 aromatic carbocycles. The molecule has 1 saturated heterocycles. The first-order chi connectivity index (χ1) is 10.7. The van der Waals surface area contributed by atoms with Crippen molar-refractivity contribution in [3.8, 4) is 17.5 Å². The summed E-state index contributed by atoms with van der Waals surface area (Å²) in [5.74, 6) is 1.53. The molecule has 6 heteroatoms. The molecular formula is C16H17N5O. The molecule has 0 saturated carbocycles. The highest BCUT2D eigenvalue weighted by Gasteiger charge is 2.23. The van der Waals surface area contributed by atoms with Gasteiger partial charge in [0, 0.05) is 35.8 Å². The topological polar surface area (TPSA) is 74.9 Å². The van der Waals surface area contributed by atoms with Crippen LogP contribution in [0.3, 0.4) is 0 Å². The van der Waals surface area contributed by atoms with Crippen molar-refractivity contribution in [3.05, 3.63) is 35.8 Å². The van der Waals surface area contributed by atoms with Crippen molar-refractivity contribution in [3.63, 3.8) is 0 Å². The van der Waals surface area contributed by atoms with Crippen LogP contribution in [-0.4, -0.2) is 40.8 Å². The summed E-state index contributed by atoms with van der Waals surface area (Å²) in [5.41, 5.74) is 2.85. The second-order valence-electron chi connectivity index (χ2n) is 5.26. The molecule has 112 valence electrons. The van der Waals surface area contributed by atoms with E-state index >= 15 is 0 Å². The van der Waals surface area contributed by atoms with Gasteiger partial charge in [0.2, 0.25) is 0 Å². The Kier molecular flexibility index (Phi) is 3.98. The van der Waals surface area contributed by atoms with Gasteiger partial charge in [-0.15, -0.1) is 0 Å². The summed E-state index contributed by atoms with van der Waals surface area (Å²) in [6, 6.07) is 5.98. The van der Waals surface area contributed by atoms with E-state index in [1.165, 1.54) is 0 Å². The fourth-order valence-corrected chi connectivity index (χ4v) is 2.47. The molecule has 1 aliphatic heterocycles. The first-order valence-electron chi connectivity index (χ1n) is 7.21. The molecule has 1 fully saturated rings. The predicted octanol–water partition coefficient (Wildman–Crippen LogP) is 1.88. The lowest BCUT2D eigenvalue weighted by Gasteiger charge is -2.32. The molecule has 0 radical (unpaired) electrons. The predicted molar refractivity (Wildman–Crippen MR) is 82.3 cm³/mol. The van der Waals surface area contributed by atoms with Crippen LogP contribution in [0.5, 0.6) is 0 Å². The zero-order valence-electron chi connectivity index (χ0n) is 12.7. The van der Waals surface area contributed by atoms with Gasteiger partial charge in [-0.05, 0) is 26.0 Å². The molecule has 0 amide bonds. The molecule has 3 heterocycles. The third-order valence-corrected chi connectivity index (χ3v) is 3.79. The Labute approximate surface area is 129 Å². The van der Waals surface area contributed by atoms with Gasteiger partial charge in [0.15, 0.2) is 11.9 Å². The van der Waals surface area contributed by atoms with Crippen LogP contribution in [0, 0.1) is 25.2 Å². The quantitative estimate of drug-likeness (QED) is 0.842. The van der Waals surface area contributed by atoms with Gasteiger partial charge in [-0.25, -0.2) is 9.97 Å². The number of pyridine rings is 1. The van der Waals surface area contributed by atoms with Gasteiger partial charge in [0.1, 0.15) is 5.82 Å². The molecule has 2 aromatic heterocycles. The summed E-state index contributed by atoms with van der Waals surface area (Å²) in [7, 11) is 0. The Morgan fingerprint density at radius 3 is 2.95 bits per heavy atom. The molecule has 1 unspecified atom stereocenters. The van der Waals surface area contributed by atoms with Crippen molar-refractivity contribution < 1.29 is 4.74 Å².